The van der Waals surface area contributed by atoms with Gasteiger partial charge in [-0.2, -0.15) is 0 Å². The molecule has 0 aliphatic carbocycles. The number of piperidine rings is 1. The Bertz CT molecular complexity index is 737. The number of amides is 1. The number of nitrogens with zero attached hydrogens (tertiary/aromatic N) is 1. The number of likely N-dealkylation sites (tertiary alicyclic amines) is 1. The number of methoxy groups -OCH3 is 2. The molecule has 2 aromatic carbocycles. The van der Waals surface area contributed by atoms with E-state index in [-0.39, 0.29) is 5.91 Å². The highest BCUT2D eigenvalue weighted by molar-refractivity contribution is 5.79. The Morgan fingerprint density at radius 3 is 2.41 bits per heavy atom. The summed E-state index contributed by atoms with van der Waals surface area (Å²) in [6, 6.07) is 16.3. The summed E-state index contributed by atoms with van der Waals surface area (Å²) in [5.74, 6) is 1.83. The quantitative estimate of drug-likeness (QED) is 0.816. The fourth-order valence-corrected chi connectivity index (χ4v) is 3.46. The Labute approximate surface area is 161 Å². The van der Waals surface area contributed by atoms with Crippen molar-refractivity contribution in [2.45, 2.75) is 31.8 Å². The van der Waals surface area contributed by atoms with Crippen molar-refractivity contribution in [3.05, 3.63) is 59.7 Å². The summed E-state index contributed by atoms with van der Waals surface area (Å²) in [6.45, 7) is 2.44. The predicted octanol–water partition coefficient (Wildman–Crippen LogP) is 3.03. The molecule has 1 fully saturated rings. The molecule has 0 atom stereocenters. The van der Waals surface area contributed by atoms with Crippen molar-refractivity contribution in [3.63, 3.8) is 0 Å². The van der Waals surface area contributed by atoms with Crippen molar-refractivity contribution in [3.8, 4) is 11.5 Å². The molecule has 5 nitrogen and oxygen atoms in total. The van der Waals surface area contributed by atoms with Gasteiger partial charge in [0.2, 0.25) is 5.91 Å². The van der Waals surface area contributed by atoms with Gasteiger partial charge >= 0.3 is 0 Å². The van der Waals surface area contributed by atoms with Gasteiger partial charge in [0.15, 0.2) is 0 Å². The molecular weight excluding hydrogens is 340 g/mol. The Morgan fingerprint density at radius 2 is 1.74 bits per heavy atom. The zero-order chi connectivity index (χ0) is 19.1. The summed E-state index contributed by atoms with van der Waals surface area (Å²) in [7, 11) is 3.32. The van der Waals surface area contributed by atoms with E-state index in [9.17, 15) is 4.79 Å². The molecule has 2 aromatic rings. The van der Waals surface area contributed by atoms with Crippen LogP contribution in [-0.4, -0.2) is 44.2 Å². The Hall–Kier alpha value is -2.53. The maximum absolute atomic E-state index is 12.6. The van der Waals surface area contributed by atoms with Crippen molar-refractivity contribution < 1.29 is 14.3 Å². The highest BCUT2D eigenvalue weighted by Crippen LogP contribution is 2.20. The Balaban J connectivity index is 1.44. The zero-order valence-electron chi connectivity index (χ0n) is 16.1. The first kappa shape index (κ1) is 19.2. The molecule has 1 aliphatic rings. The van der Waals surface area contributed by atoms with Gasteiger partial charge < -0.3 is 19.7 Å². The van der Waals surface area contributed by atoms with E-state index in [0.29, 0.717) is 12.5 Å². The number of carbonyl (C=O) groups is 1. The van der Waals surface area contributed by atoms with E-state index in [0.717, 1.165) is 49.5 Å². The van der Waals surface area contributed by atoms with Crippen LogP contribution in [0.5, 0.6) is 11.5 Å². The maximum Gasteiger partial charge on any atom is 0.227 e. The highest BCUT2D eigenvalue weighted by atomic mass is 16.5. The van der Waals surface area contributed by atoms with Crippen LogP contribution in [0.15, 0.2) is 48.5 Å². The van der Waals surface area contributed by atoms with Gasteiger partial charge in [-0.25, -0.2) is 0 Å². The van der Waals surface area contributed by atoms with Crippen LogP contribution < -0.4 is 14.8 Å². The number of ether oxygens (including phenoxy) is 2. The SMILES string of the molecule is COc1ccc(CNC2CCN(C(=O)Cc3ccccc3OC)CC2)cc1. The third kappa shape index (κ3) is 5.23. The number of hydrogen-bond acceptors (Lipinski definition) is 4. The lowest BCUT2D eigenvalue weighted by molar-refractivity contribution is -0.131. The predicted molar refractivity (Wildman–Crippen MR) is 106 cm³/mol. The number of nitrogens with one attached hydrogen (secondary N) is 1. The van der Waals surface area contributed by atoms with E-state index >= 15 is 0 Å². The second kappa shape index (κ2) is 9.42. The van der Waals surface area contributed by atoms with E-state index in [1.165, 1.54) is 5.56 Å². The molecule has 1 saturated heterocycles. The summed E-state index contributed by atoms with van der Waals surface area (Å²) < 4.78 is 10.5. The van der Waals surface area contributed by atoms with Crippen LogP contribution in [0.2, 0.25) is 0 Å². The first-order chi connectivity index (χ1) is 13.2. The average molecular weight is 368 g/mol. The number of rotatable bonds is 7. The highest BCUT2D eigenvalue weighted by Gasteiger charge is 2.23. The molecule has 5 heteroatoms. The molecule has 27 heavy (non-hydrogen) atoms. The number of para-hydroxylation sites is 1. The van der Waals surface area contributed by atoms with E-state index in [2.05, 4.69) is 17.4 Å². The first-order valence-corrected chi connectivity index (χ1v) is 9.45. The smallest absolute Gasteiger partial charge is 0.227 e. The number of benzene rings is 2. The first-order valence-electron chi connectivity index (χ1n) is 9.45. The van der Waals surface area contributed by atoms with Crippen LogP contribution in [0.1, 0.15) is 24.0 Å². The van der Waals surface area contributed by atoms with E-state index in [4.69, 9.17) is 9.47 Å². The molecule has 0 bridgehead atoms. The summed E-state index contributed by atoms with van der Waals surface area (Å²) in [5.41, 5.74) is 2.19. The zero-order valence-corrected chi connectivity index (χ0v) is 16.1. The van der Waals surface area contributed by atoms with E-state index in [1.54, 1.807) is 14.2 Å². The minimum atomic E-state index is 0.174. The molecule has 1 N–H and O–H groups in total. The van der Waals surface area contributed by atoms with Crippen LogP contribution in [0.25, 0.3) is 0 Å². The normalized spacial score (nSPS) is 14.8. The standard InChI is InChI=1S/C22H28N2O3/c1-26-20-9-7-17(8-10-20)16-23-19-11-13-24(14-12-19)22(25)15-18-5-3-4-6-21(18)27-2/h3-10,19,23H,11-16H2,1-2H3. The van der Waals surface area contributed by atoms with Gasteiger partial charge in [0.05, 0.1) is 20.6 Å². The van der Waals surface area contributed by atoms with E-state index in [1.807, 2.05) is 41.3 Å². The second-order valence-corrected chi connectivity index (χ2v) is 6.87. The fraction of sp³-hybridized carbons (Fsp3) is 0.409. The van der Waals surface area contributed by atoms with Crippen LogP contribution in [0.4, 0.5) is 0 Å². The molecule has 0 unspecified atom stereocenters. The van der Waals surface area contributed by atoms with Crippen molar-refractivity contribution in [1.82, 2.24) is 10.2 Å². The number of carbonyl (C=O) groups excluding carboxylic acids is 1. The number of hydrogen-bond donors (Lipinski definition) is 1. The summed E-state index contributed by atoms with van der Waals surface area (Å²) in [6.07, 6.45) is 2.36. The second-order valence-electron chi connectivity index (χ2n) is 6.87. The molecule has 0 saturated carbocycles. The van der Waals surface area contributed by atoms with Gasteiger partial charge in [0.1, 0.15) is 11.5 Å². The largest absolute Gasteiger partial charge is 0.497 e. The molecule has 0 radical (unpaired) electrons. The van der Waals surface area contributed by atoms with Crippen LogP contribution >= 0.6 is 0 Å². The van der Waals surface area contributed by atoms with Crippen molar-refractivity contribution in [2.75, 3.05) is 27.3 Å². The van der Waals surface area contributed by atoms with Gasteiger partial charge in [-0.05, 0) is 36.6 Å². The lowest BCUT2D eigenvalue weighted by atomic mass is 10.0. The third-order valence-corrected chi connectivity index (χ3v) is 5.14. The van der Waals surface area contributed by atoms with Crippen LogP contribution in [0.3, 0.4) is 0 Å². The monoisotopic (exact) mass is 368 g/mol. The third-order valence-electron chi connectivity index (χ3n) is 5.14. The Kier molecular flexibility index (Phi) is 6.71. The summed E-state index contributed by atoms with van der Waals surface area (Å²) in [5, 5.41) is 3.60. The molecule has 0 aromatic heterocycles. The molecule has 144 valence electrons. The van der Waals surface area contributed by atoms with Gasteiger partial charge in [-0.3, -0.25) is 4.79 Å². The minimum Gasteiger partial charge on any atom is -0.497 e. The lowest BCUT2D eigenvalue weighted by Crippen LogP contribution is -2.45. The van der Waals surface area contributed by atoms with Gasteiger partial charge in [0, 0.05) is 31.2 Å². The van der Waals surface area contributed by atoms with Gasteiger partial charge in [0.25, 0.3) is 0 Å². The van der Waals surface area contributed by atoms with Crippen LogP contribution in [0, 0.1) is 0 Å². The molecule has 1 amide bonds. The fourth-order valence-electron chi connectivity index (χ4n) is 3.46. The molecule has 3 rings (SSSR count). The van der Waals surface area contributed by atoms with Crippen molar-refractivity contribution in [1.29, 1.82) is 0 Å². The van der Waals surface area contributed by atoms with Crippen molar-refractivity contribution in [2.24, 2.45) is 0 Å². The molecule has 1 heterocycles. The Morgan fingerprint density at radius 1 is 1.04 bits per heavy atom. The van der Waals surface area contributed by atoms with Crippen molar-refractivity contribution >= 4 is 5.91 Å². The van der Waals surface area contributed by atoms with Gasteiger partial charge in [-0.1, -0.05) is 30.3 Å². The maximum atomic E-state index is 12.6. The summed E-state index contributed by atoms with van der Waals surface area (Å²) in [4.78, 5) is 14.6. The topological polar surface area (TPSA) is 50.8 Å². The van der Waals surface area contributed by atoms with Gasteiger partial charge in [-0.15, -0.1) is 0 Å². The van der Waals surface area contributed by atoms with E-state index < -0.39 is 0 Å². The van der Waals surface area contributed by atoms with Crippen LogP contribution in [-0.2, 0) is 17.8 Å². The average Bonchev–Trinajstić information content (AvgIpc) is 2.73. The minimum absolute atomic E-state index is 0.174. The molecule has 1 aliphatic heterocycles. The molecule has 0 spiro atoms. The summed E-state index contributed by atoms with van der Waals surface area (Å²) >= 11 is 0. The molecular formula is C22H28N2O3. The lowest BCUT2D eigenvalue weighted by Gasteiger charge is -2.32.